The Morgan fingerprint density at radius 2 is 2.27 bits per heavy atom. The Hall–Kier alpha value is -2.79. The van der Waals surface area contributed by atoms with Crippen molar-refractivity contribution in [2.45, 2.75) is 17.3 Å². The van der Waals surface area contributed by atoms with E-state index in [0.717, 1.165) is 28.8 Å². The number of nitro groups is 1. The van der Waals surface area contributed by atoms with Crippen LogP contribution in [0.5, 0.6) is 0 Å². The summed E-state index contributed by atoms with van der Waals surface area (Å²) in [7, 11) is 0. The number of amides is 1. The first-order valence-electron chi connectivity index (χ1n) is 7.32. The molecule has 2 heterocycles. The van der Waals surface area contributed by atoms with Crippen LogP contribution in [0.3, 0.4) is 0 Å². The van der Waals surface area contributed by atoms with E-state index in [2.05, 4.69) is 20.5 Å². The van der Waals surface area contributed by atoms with E-state index < -0.39 is 27.6 Å². The average molecular weight is 393 g/mol. The molecule has 0 fully saturated rings. The normalized spacial score (nSPS) is 11.9. The third kappa shape index (κ3) is 4.06. The summed E-state index contributed by atoms with van der Waals surface area (Å²) in [4.78, 5) is 27.4. The summed E-state index contributed by atoms with van der Waals surface area (Å²) in [5.74, 6) is -0.750. The number of halogens is 1. The predicted molar refractivity (Wildman–Crippen MR) is 96.7 cm³/mol. The summed E-state index contributed by atoms with van der Waals surface area (Å²) in [6, 6.07) is 6.98. The molecule has 3 aromatic rings. The molecule has 3 rings (SSSR count). The fourth-order valence-corrected chi connectivity index (χ4v) is 3.40. The molecule has 1 amide bonds. The van der Waals surface area contributed by atoms with Gasteiger partial charge in [0.05, 0.1) is 15.1 Å². The van der Waals surface area contributed by atoms with Crippen molar-refractivity contribution >= 4 is 40.4 Å². The Morgan fingerprint density at radius 1 is 1.46 bits per heavy atom. The van der Waals surface area contributed by atoms with Crippen LogP contribution in [0.25, 0.3) is 10.7 Å². The summed E-state index contributed by atoms with van der Waals surface area (Å²) < 4.78 is 13.3. The summed E-state index contributed by atoms with van der Waals surface area (Å²) >= 11 is 2.65. The van der Waals surface area contributed by atoms with Gasteiger partial charge in [0.1, 0.15) is 0 Å². The van der Waals surface area contributed by atoms with Gasteiger partial charge in [0.2, 0.25) is 16.9 Å². The second kappa shape index (κ2) is 7.62. The van der Waals surface area contributed by atoms with Gasteiger partial charge in [-0.2, -0.15) is 4.39 Å². The van der Waals surface area contributed by atoms with Crippen molar-refractivity contribution in [2.24, 2.45) is 0 Å². The lowest BCUT2D eigenvalue weighted by Crippen LogP contribution is -2.22. The molecule has 2 N–H and O–H groups in total. The molecule has 0 aliphatic heterocycles. The highest BCUT2D eigenvalue weighted by molar-refractivity contribution is 8.00. The number of aromatic amines is 1. The van der Waals surface area contributed by atoms with Crippen LogP contribution in [0.4, 0.5) is 15.8 Å². The number of thiophene rings is 1. The number of benzene rings is 1. The van der Waals surface area contributed by atoms with Crippen molar-refractivity contribution in [3.63, 3.8) is 0 Å². The van der Waals surface area contributed by atoms with E-state index in [4.69, 9.17) is 0 Å². The van der Waals surface area contributed by atoms with Gasteiger partial charge in [-0.15, -0.1) is 16.4 Å². The van der Waals surface area contributed by atoms with Gasteiger partial charge in [0.25, 0.3) is 0 Å². The minimum Gasteiger partial charge on any atom is -0.325 e. The second-order valence-corrected chi connectivity index (χ2v) is 7.37. The summed E-state index contributed by atoms with van der Waals surface area (Å²) in [5, 5.41) is 21.9. The third-order valence-corrected chi connectivity index (χ3v) is 5.12. The van der Waals surface area contributed by atoms with Crippen LogP contribution in [-0.4, -0.2) is 31.3 Å². The summed E-state index contributed by atoms with van der Waals surface area (Å²) in [5.41, 5.74) is -0.553. The van der Waals surface area contributed by atoms with Gasteiger partial charge in [-0.25, -0.2) is 4.98 Å². The number of thioether (sulfide) groups is 1. The van der Waals surface area contributed by atoms with Gasteiger partial charge in [0, 0.05) is 11.8 Å². The SMILES string of the molecule is C[C@@H](Sc1n[nH]c(-c2cccs2)n1)C(=O)Nc1ccc(F)c([N+](=O)[O-])c1. The first-order chi connectivity index (χ1) is 12.4. The molecule has 2 aromatic heterocycles. The van der Waals surface area contributed by atoms with Crippen LogP contribution in [0.2, 0.25) is 0 Å². The highest BCUT2D eigenvalue weighted by Gasteiger charge is 2.20. The molecule has 0 radical (unpaired) electrons. The molecular weight excluding hydrogens is 381 g/mol. The number of carbonyl (C=O) groups is 1. The van der Waals surface area contributed by atoms with Crippen LogP contribution in [0.1, 0.15) is 6.92 Å². The van der Waals surface area contributed by atoms with Crippen molar-refractivity contribution < 1.29 is 14.1 Å². The largest absolute Gasteiger partial charge is 0.325 e. The molecule has 134 valence electrons. The van der Waals surface area contributed by atoms with E-state index in [1.165, 1.54) is 17.4 Å². The zero-order valence-corrected chi connectivity index (χ0v) is 14.9. The molecule has 8 nitrogen and oxygen atoms in total. The molecule has 1 aromatic carbocycles. The number of nitro benzene ring substituents is 1. The van der Waals surface area contributed by atoms with Crippen LogP contribution >= 0.6 is 23.1 Å². The molecule has 1 atom stereocenters. The molecule has 0 saturated carbocycles. The summed E-state index contributed by atoms with van der Waals surface area (Å²) in [6.45, 7) is 1.65. The zero-order valence-electron chi connectivity index (χ0n) is 13.3. The Balaban J connectivity index is 1.65. The van der Waals surface area contributed by atoms with Gasteiger partial charge in [-0.05, 0) is 30.5 Å². The van der Waals surface area contributed by atoms with E-state index in [9.17, 15) is 19.3 Å². The topological polar surface area (TPSA) is 114 Å². The lowest BCUT2D eigenvalue weighted by Gasteiger charge is -2.10. The van der Waals surface area contributed by atoms with Crippen LogP contribution in [-0.2, 0) is 4.79 Å². The number of hydrogen-bond acceptors (Lipinski definition) is 7. The van der Waals surface area contributed by atoms with Gasteiger partial charge < -0.3 is 5.32 Å². The molecule has 11 heteroatoms. The number of rotatable bonds is 6. The number of carbonyl (C=O) groups excluding carboxylic acids is 1. The van der Waals surface area contributed by atoms with E-state index in [-0.39, 0.29) is 5.69 Å². The standard InChI is InChI=1S/C15H12FN5O3S2/c1-8(26-15-18-13(19-20-15)12-3-2-6-25-12)14(22)17-9-4-5-10(16)11(7-9)21(23)24/h2-8H,1H3,(H,17,22)(H,18,19,20)/t8-/m1/s1. The maximum atomic E-state index is 13.3. The maximum Gasteiger partial charge on any atom is 0.306 e. The van der Waals surface area contributed by atoms with Crippen molar-refractivity contribution in [2.75, 3.05) is 5.32 Å². The molecule has 0 unspecified atom stereocenters. The van der Waals surface area contributed by atoms with Gasteiger partial charge in [0.15, 0.2) is 5.82 Å². The van der Waals surface area contributed by atoms with Crippen LogP contribution in [0, 0.1) is 15.9 Å². The number of hydrogen-bond donors (Lipinski definition) is 2. The molecule has 0 saturated heterocycles. The number of nitrogens with one attached hydrogen (secondary N) is 2. The van der Waals surface area contributed by atoms with Crippen molar-refractivity contribution in [3.8, 4) is 10.7 Å². The number of anilines is 1. The fraction of sp³-hybridized carbons (Fsp3) is 0.133. The zero-order chi connectivity index (χ0) is 18.7. The Bertz CT molecular complexity index is 945. The minimum absolute atomic E-state index is 0.143. The Labute approximate surface area is 155 Å². The number of aromatic nitrogens is 3. The molecule has 0 aliphatic rings. The number of H-pyrrole nitrogens is 1. The molecular formula is C15H12FN5O3S2. The number of nitrogens with zero attached hydrogens (tertiary/aromatic N) is 3. The lowest BCUT2D eigenvalue weighted by molar-refractivity contribution is -0.387. The van der Waals surface area contributed by atoms with E-state index in [0.29, 0.717) is 11.0 Å². The molecule has 0 bridgehead atoms. The van der Waals surface area contributed by atoms with E-state index >= 15 is 0 Å². The monoisotopic (exact) mass is 393 g/mol. The Morgan fingerprint density at radius 3 is 2.96 bits per heavy atom. The second-order valence-electron chi connectivity index (χ2n) is 5.12. The maximum absolute atomic E-state index is 13.3. The first kappa shape index (κ1) is 18.0. The predicted octanol–water partition coefficient (Wildman–Crippen LogP) is 3.70. The van der Waals surface area contributed by atoms with Gasteiger partial charge in [-0.3, -0.25) is 20.0 Å². The summed E-state index contributed by atoms with van der Waals surface area (Å²) in [6.07, 6.45) is 0. The van der Waals surface area contributed by atoms with Crippen LogP contribution < -0.4 is 5.32 Å². The van der Waals surface area contributed by atoms with Gasteiger partial charge >= 0.3 is 5.69 Å². The van der Waals surface area contributed by atoms with Crippen molar-refractivity contribution in [1.82, 2.24) is 15.2 Å². The third-order valence-electron chi connectivity index (χ3n) is 3.28. The van der Waals surface area contributed by atoms with Crippen LogP contribution in [0.15, 0.2) is 40.9 Å². The Kier molecular flexibility index (Phi) is 5.28. The molecule has 0 spiro atoms. The van der Waals surface area contributed by atoms with E-state index in [1.54, 1.807) is 6.92 Å². The minimum atomic E-state index is -0.961. The molecule has 26 heavy (non-hydrogen) atoms. The van der Waals surface area contributed by atoms with E-state index in [1.807, 2.05) is 17.5 Å². The lowest BCUT2D eigenvalue weighted by atomic mass is 10.2. The van der Waals surface area contributed by atoms with Crippen molar-refractivity contribution in [3.05, 3.63) is 51.6 Å². The highest BCUT2D eigenvalue weighted by Crippen LogP contribution is 2.26. The van der Waals surface area contributed by atoms with Crippen molar-refractivity contribution in [1.29, 1.82) is 0 Å². The quantitative estimate of drug-likeness (QED) is 0.375. The highest BCUT2D eigenvalue weighted by atomic mass is 32.2. The molecule has 0 aliphatic carbocycles. The fourth-order valence-electron chi connectivity index (χ4n) is 2.01. The smallest absolute Gasteiger partial charge is 0.306 e. The average Bonchev–Trinajstić information content (AvgIpc) is 3.27. The van der Waals surface area contributed by atoms with Gasteiger partial charge in [-0.1, -0.05) is 17.8 Å². The first-order valence-corrected chi connectivity index (χ1v) is 9.07.